The summed E-state index contributed by atoms with van der Waals surface area (Å²) >= 11 is 0.800. The van der Waals surface area contributed by atoms with E-state index < -0.39 is 17.1 Å². The van der Waals surface area contributed by atoms with Crippen molar-refractivity contribution in [2.24, 2.45) is 0 Å². The molecular weight excluding hydrogens is 416 g/mol. The number of hydrogen-bond donors (Lipinski definition) is 1. The highest BCUT2D eigenvalue weighted by Crippen LogP contribution is 2.35. The number of anilines is 1. The van der Waals surface area contributed by atoms with E-state index in [1.807, 2.05) is 32.9 Å². The molecule has 0 aromatic heterocycles. The molecular formula is C23H24N2O5S. The van der Waals surface area contributed by atoms with Gasteiger partial charge < -0.3 is 14.8 Å². The number of thioether (sulfide) groups is 1. The summed E-state index contributed by atoms with van der Waals surface area (Å²) in [6, 6.07) is 12.6. The zero-order chi connectivity index (χ0) is 22.4. The first-order valence-electron chi connectivity index (χ1n) is 9.92. The molecule has 3 amide bonds. The quantitative estimate of drug-likeness (QED) is 0.610. The highest BCUT2D eigenvalue weighted by atomic mass is 32.2. The molecule has 0 spiro atoms. The van der Waals surface area contributed by atoms with Crippen LogP contribution in [0.3, 0.4) is 0 Å². The highest BCUT2D eigenvalue weighted by Gasteiger charge is 2.36. The van der Waals surface area contributed by atoms with Crippen LogP contribution < -0.4 is 14.8 Å². The van der Waals surface area contributed by atoms with Crippen LogP contribution in [0.4, 0.5) is 10.5 Å². The number of carbonyl (C=O) groups excluding carboxylic acids is 3. The monoisotopic (exact) mass is 440 g/mol. The first-order valence-corrected chi connectivity index (χ1v) is 10.7. The van der Waals surface area contributed by atoms with E-state index in [-0.39, 0.29) is 11.4 Å². The van der Waals surface area contributed by atoms with Crippen LogP contribution in [-0.4, -0.2) is 41.7 Å². The topological polar surface area (TPSA) is 84.9 Å². The van der Waals surface area contributed by atoms with E-state index in [0.717, 1.165) is 22.2 Å². The molecule has 0 bridgehead atoms. The van der Waals surface area contributed by atoms with E-state index in [0.29, 0.717) is 36.0 Å². The number of imide groups is 1. The third kappa shape index (κ3) is 5.67. The number of rotatable bonds is 8. The van der Waals surface area contributed by atoms with Crippen molar-refractivity contribution in [3.8, 4) is 11.5 Å². The van der Waals surface area contributed by atoms with Crippen LogP contribution >= 0.6 is 11.8 Å². The molecule has 0 radical (unpaired) electrons. The highest BCUT2D eigenvalue weighted by molar-refractivity contribution is 8.18. The van der Waals surface area contributed by atoms with Crippen molar-refractivity contribution in [2.75, 3.05) is 25.1 Å². The van der Waals surface area contributed by atoms with Gasteiger partial charge in [-0.15, -0.1) is 0 Å². The first-order chi connectivity index (χ1) is 14.9. The Hall–Kier alpha value is -3.26. The van der Waals surface area contributed by atoms with Gasteiger partial charge in [0.2, 0.25) is 5.91 Å². The summed E-state index contributed by atoms with van der Waals surface area (Å²) in [5, 5.41) is 2.21. The second kappa shape index (κ2) is 10.2. The lowest BCUT2D eigenvalue weighted by Gasteiger charge is -2.13. The van der Waals surface area contributed by atoms with Crippen molar-refractivity contribution in [1.29, 1.82) is 0 Å². The van der Waals surface area contributed by atoms with Gasteiger partial charge in [-0.25, -0.2) is 0 Å². The number of nitrogens with one attached hydrogen (secondary N) is 1. The number of carbonyl (C=O) groups is 3. The second-order valence-electron chi connectivity index (χ2n) is 6.75. The molecule has 2 aromatic rings. The molecule has 1 N–H and O–H groups in total. The SMILES string of the molecule is CCOc1ccc(/C=C2/SC(=O)N(CC(=O)Nc3ccc(C)cc3)C2=O)c(OCC)c1. The summed E-state index contributed by atoms with van der Waals surface area (Å²) in [7, 11) is 0. The normalized spacial score (nSPS) is 14.8. The van der Waals surface area contributed by atoms with E-state index in [2.05, 4.69) is 5.32 Å². The standard InChI is InChI=1S/C23H24N2O5S/c1-4-29-18-11-8-16(19(13-18)30-5-2)12-20-22(27)25(23(28)31-20)14-21(26)24-17-9-6-15(3)7-10-17/h6-13H,4-5,14H2,1-3H3,(H,24,26)/b20-12+. The Morgan fingerprint density at radius 2 is 1.77 bits per heavy atom. The number of benzene rings is 2. The third-order valence-corrected chi connectivity index (χ3v) is 5.30. The molecule has 3 rings (SSSR count). The summed E-state index contributed by atoms with van der Waals surface area (Å²) in [5.41, 5.74) is 2.32. The Bertz CT molecular complexity index is 1020. The fourth-order valence-electron chi connectivity index (χ4n) is 2.93. The molecule has 0 unspecified atom stereocenters. The Labute approximate surface area is 185 Å². The van der Waals surface area contributed by atoms with Gasteiger partial charge in [0, 0.05) is 17.3 Å². The first kappa shape index (κ1) is 22.4. The second-order valence-corrected chi connectivity index (χ2v) is 7.74. The van der Waals surface area contributed by atoms with Gasteiger partial charge in [0.1, 0.15) is 18.0 Å². The summed E-state index contributed by atoms with van der Waals surface area (Å²) < 4.78 is 11.1. The van der Waals surface area contributed by atoms with Crippen molar-refractivity contribution < 1.29 is 23.9 Å². The lowest BCUT2D eigenvalue weighted by atomic mass is 10.1. The lowest BCUT2D eigenvalue weighted by Crippen LogP contribution is -2.36. The van der Waals surface area contributed by atoms with Gasteiger partial charge in [-0.05, 0) is 62.9 Å². The molecule has 1 heterocycles. The molecule has 0 saturated carbocycles. The minimum absolute atomic E-state index is 0.234. The molecule has 162 valence electrons. The molecule has 31 heavy (non-hydrogen) atoms. The summed E-state index contributed by atoms with van der Waals surface area (Å²) in [4.78, 5) is 38.6. The average Bonchev–Trinajstić information content (AvgIpc) is 2.99. The van der Waals surface area contributed by atoms with Gasteiger partial charge in [0.25, 0.3) is 11.1 Å². The molecule has 2 aromatic carbocycles. The Balaban J connectivity index is 1.74. The predicted molar refractivity (Wildman–Crippen MR) is 121 cm³/mol. The predicted octanol–water partition coefficient (Wildman–Crippen LogP) is 4.47. The van der Waals surface area contributed by atoms with Crippen molar-refractivity contribution >= 4 is 40.6 Å². The summed E-state index contributed by atoms with van der Waals surface area (Å²) in [6.07, 6.45) is 1.60. The van der Waals surface area contributed by atoms with Gasteiger partial charge in [-0.3, -0.25) is 19.3 Å². The van der Waals surface area contributed by atoms with Gasteiger partial charge in [-0.2, -0.15) is 0 Å². The number of amides is 3. The molecule has 1 aliphatic rings. The van der Waals surface area contributed by atoms with Gasteiger partial charge in [0.15, 0.2) is 0 Å². The van der Waals surface area contributed by atoms with E-state index in [1.54, 1.807) is 36.4 Å². The maximum absolute atomic E-state index is 12.8. The molecule has 0 aliphatic carbocycles. The fourth-order valence-corrected chi connectivity index (χ4v) is 3.76. The van der Waals surface area contributed by atoms with Crippen LogP contribution in [0.25, 0.3) is 6.08 Å². The number of aryl methyl sites for hydroxylation is 1. The van der Waals surface area contributed by atoms with Crippen molar-refractivity contribution in [2.45, 2.75) is 20.8 Å². The fraction of sp³-hybridized carbons (Fsp3) is 0.261. The zero-order valence-corrected chi connectivity index (χ0v) is 18.5. The van der Waals surface area contributed by atoms with Crippen LogP contribution in [0.5, 0.6) is 11.5 Å². The smallest absolute Gasteiger partial charge is 0.294 e. The van der Waals surface area contributed by atoms with E-state index in [9.17, 15) is 14.4 Å². The number of hydrogen-bond acceptors (Lipinski definition) is 6. The molecule has 7 nitrogen and oxygen atoms in total. The Morgan fingerprint density at radius 3 is 2.45 bits per heavy atom. The maximum atomic E-state index is 12.8. The lowest BCUT2D eigenvalue weighted by molar-refractivity contribution is -0.127. The molecule has 1 fully saturated rings. The van der Waals surface area contributed by atoms with Crippen molar-refractivity contribution in [3.63, 3.8) is 0 Å². The van der Waals surface area contributed by atoms with Crippen LogP contribution in [0.2, 0.25) is 0 Å². The number of nitrogens with zero attached hydrogens (tertiary/aromatic N) is 1. The molecule has 1 aliphatic heterocycles. The Morgan fingerprint density at radius 1 is 1.06 bits per heavy atom. The van der Waals surface area contributed by atoms with E-state index in [4.69, 9.17) is 9.47 Å². The van der Waals surface area contributed by atoms with E-state index >= 15 is 0 Å². The maximum Gasteiger partial charge on any atom is 0.294 e. The van der Waals surface area contributed by atoms with Gasteiger partial charge in [-0.1, -0.05) is 17.7 Å². The van der Waals surface area contributed by atoms with Crippen molar-refractivity contribution in [1.82, 2.24) is 4.90 Å². The van der Waals surface area contributed by atoms with Crippen LogP contribution in [0.15, 0.2) is 47.4 Å². The zero-order valence-electron chi connectivity index (χ0n) is 17.6. The molecule has 0 atom stereocenters. The van der Waals surface area contributed by atoms with Gasteiger partial charge >= 0.3 is 0 Å². The summed E-state index contributed by atoms with van der Waals surface area (Å²) in [5.74, 6) is 0.259. The van der Waals surface area contributed by atoms with Gasteiger partial charge in [0.05, 0.1) is 18.1 Å². The minimum atomic E-state index is -0.509. The molecule has 8 heteroatoms. The Kier molecular flexibility index (Phi) is 7.36. The third-order valence-electron chi connectivity index (χ3n) is 4.39. The summed E-state index contributed by atoms with van der Waals surface area (Å²) in [6.45, 7) is 6.31. The minimum Gasteiger partial charge on any atom is -0.494 e. The van der Waals surface area contributed by atoms with Crippen LogP contribution in [0.1, 0.15) is 25.0 Å². The average molecular weight is 441 g/mol. The van der Waals surface area contributed by atoms with Crippen LogP contribution in [-0.2, 0) is 9.59 Å². The van der Waals surface area contributed by atoms with Crippen molar-refractivity contribution in [3.05, 3.63) is 58.5 Å². The molecule has 1 saturated heterocycles. The van der Waals surface area contributed by atoms with E-state index in [1.165, 1.54) is 0 Å². The largest absolute Gasteiger partial charge is 0.494 e. The van der Waals surface area contributed by atoms with Crippen LogP contribution in [0, 0.1) is 6.92 Å². The number of ether oxygens (including phenoxy) is 2.